The summed E-state index contributed by atoms with van der Waals surface area (Å²) >= 11 is 5.42. The van der Waals surface area contributed by atoms with Crippen LogP contribution < -0.4 is 4.72 Å². The molecule has 0 aromatic rings. The lowest BCUT2D eigenvalue weighted by atomic mass is 10.2. The fourth-order valence-electron chi connectivity index (χ4n) is 0.955. The van der Waals surface area contributed by atoms with E-state index in [-0.39, 0.29) is 23.6 Å². The van der Waals surface area contributed by atoms with Gasteiger partial charge in [-0.15, -0.1) is 11.6 Å². The van der Waals surface area contributed by atoms with Gasteiger partial charge in [0.25, 0.3) is 5.91 Å². The van der Waals surface area contributed by atoms with Crippen molar-refractivity contribution in [3.8, 4) is 0 Å². The monoisotopic (exact) mass is 225 g/mol. The lowest BCUT2D eigenvalue weighted by molar-refractivity contribution is -0.116. The Balaban J connectivity index is 3.01. The highest BCUT2D eigenvalue weighted by Crippen LogP contribution is 2.17. The number of rotatable bonds is 2. The lowest BCUT2D eigenvalue weighted by Gasteiger charge is -2.17. The number of halogens is 1. The van der Waals surface area contributed by atoms with Crippen LogP contribution in [-0.4, -0.2) is 20.2 Å². The summed E-state index contributed by atoms with van der Waals surface area (Å²) in [6.45, 7) is 1.41. The van der Waals surface area contributed by atoms with Crippen molar-refractivity contribution in [2.45, 2.75) is 13.3 Å². The van der Waals surface area contributed by atoms with Crippen LogP contribution in [0.25, 0.3) is 0 Å². The largest absolute Gasteiger partial charge is 0.409 e. The van der Waals surface area contributed by atoms with Crippen molar-refractivity contribution in [1.29, 1.82) is 0 Å². The van der Waals surface area contributed by atoms with Crippen LogP contribution in [0.5, 0.6) is 0 Å². The number of carbonyl (C=O) groups excluding carboxylic acids is 1. The van der Waals surface area contributed by atoms with Gasteiger partial charge in [0.2, 0.25) is 0 Å². The van der Waals surface area contributed by atoms with Crippen molar-refractivity contribution in [3.63, 3.8) is 0 Å². The molecule has 0 fully saturated rings. The average Bonchev–Trinajstić information content (AvgIpc) is 1.94. The fourth-order valence-corrected chi connectivity index (χ4v) is 1.97. The molecule has 0 aromatic heterocycles. The van der Waals surface area contributed by atoms with Crippen LogP contribution in [0.4, 0.5) is 0 Å². The highest BCUT2D eigenvalue weighted by Gasteiger charge is 2.28. The van der Waals surface area contributed by atoms with E-state index in [2.05, 4.69) is 4.18 Å². The number of hydrogen-bond acceptors (Lipinski definition) is 4. The Hall–Kier alpha value is -0.750. The van der Waals surface area contributed by atoms with E-state index in [4.69, 9.17) is 11.6 Å². The summed E-state index contributed by atoms with van der Waals surface area (Å²) < 4.78 is 27.8. The summed E-state index contributed by atoms with van der Waals surface area (Å²) in [5.41, 5.74) is 0.268. The van der Waals surface area contributed by atoms with Crippen molar-refractivity contribution in [2.24, 2.45) is 0 Å². The molecule has 0 aliphatic carbocycles. The quantitative estimate of drug-likeness (QED) is 0.686. The molecule has 0 bridgehead atoms. The average molecular weight is 226 g/mol. The van der Waals surface area contributed by atoms with Gasteiger partial charge in [-0.3, -0.25) is 4.79 Å². The highest BCUT2D eigenvalue weighted by molar-refractivity contribution is 7.85. The van der Waals surface area contributed by atoms with Gasteiger partial charge in [-0.1, -0.05) is 0 Å². The number of alkyl halides is 1. The molecule has 0 radical (unpaired) electrons. The first-order valence-corrected chi connectivity index (χ1v) is 5.43. The Labute approximate surface area is 81.0 Å². The maximum absolute atomic E-state index is 11.1. The smallest absolute Gasteiger partial charge is 0.371 e. The zero-order chi connectivity index (χ0) is 10.1. The third-order valence-corrected chi connectivity index (χ3v) is 2.59. The van der Waals surface area contributed by atoms with Crippen LogP contribution >= 0.6 is 11.6 Å². The molecule has 1 rings (SSSR count). The SMILES string of the molecule is CC1=C(CCCl)C(=O)NS(=O)(=O)O1. The van der Waals surface area contributed by atoms with E-state index in [0.717, 1.165) is 0 Å². The molecule has 74 valence electrons. The minimum atomic E-state index is -3.93. The molecule has 1 N–H and O–H groups in total. The molecule has 0 saturated heterocycles. The zero-order valence-corrected chi connectivity index (χ0v) is 8.41. The molecule has 7 heteroatoms. The Morgan fingerprint density at radius 2 is 2.15 bits per heavy atom. The minimum absolute atomic E-state index is 0.0874. The molecule has 5 nitrogen and oxygen atoms in total. The molecule has 1 heterocycles. The topological polar surface area (TPSA) is 72.5 Å². The van der Waals surface area contributed by atoms with E-state index in [0.29, 0.717) is 0 Å². The second kappa shape index (κ2) is 3.55. The summed E-state index contributed by atoms with van der Waals surface area (Å²) in [6, 6.07) is 0. The molecule has 0 atom stereocenters. The van der Waals surface area contributed by atoms with Crippen LogP contribution in [0.1, 0.15) is 13.3 Å². The predicted octanol–water partition coefficient (Wildman–Crippen LogP) is 0.281. The van der Waals surface area contributed by atoms with Gasteiger partial charge in [-0.2, -0.15) is 8.42 Å². The molecule has 1 amide bonds. The molecule has 0 aromatic carbocycles. The molecule has 0 spiro atoms. The van der Waals surface area contributed by atoms with Crippen molar-refractivity contribution < 1.29 is 17.4 Å². The summed E-state index contributed by atoms with van der Waals surface area (Å²) in [5, 5.41) is 0. The van der Waals surface area contributed by atoms with Gasteiger partial charge in [-0.05, 0) is 13.3 Å². The fraction of sp³-hybridized carbons (Fsp3) is 0.500. The van der Waals surface area contributed by atoms with Crippen LogP contribution in [-0.2, 0) is 19.3 Å². The number of nitrogens with one attached hydrogen (secondary N) is 1. The van der Waals surface area contributed by atoms with Crippen LogP contribution in [0.2, 0.25) is 0 Å². The van der Waals surface area contributed by atoms with E-state index >= 15 is 0 Å². The molecular weight excluding hydrogens is 218 g/mol. The van der Waals surface area contributed by atoms with Crippen molar-refractivity contribution in [1.82, 2.24) is 4.72 Å². The molecule has 1 aliphatic rings. The number of carbonyl (C=O) groups is 1. The van der Waals surface area contributed by atoms with Crippen molar-refractivity contribution >= 4 is 27.8 Å². The van der Waals surface area contributed by atoms with E-state index in [1.807, 2.05) is 0 Å². The first kappa shape index (κ1) is 10.3. The summed E-state index contributed by atoms with van der Waals surface area (Å²) in [5.74, 6) is -0.336. The minimum Gasteiger partial charge on any atom is -0.371 e. The third kappa shape index (κ3) is 2.35. The van der Waals surface area contributed by atoms with Gasteiger partial charge < -0.3 is 4.18 Å². The summed E-state index contributed by atoms with van der Waals surface area (Å²) in [6.07, 6.45) is 0.286. The normalized spacial score (nSPS) is 20.9. The molecule has 13 heavy (non-hydrogen) atoms. The first-order valence-electron chi connectivity index (χ1n) is 3.48. The second-order valence-corrected chi connectivity index (χ2v) is 4.10. The maximum atomic E-state index is 11.1. The highest BCUT2D eigenvalue weighted by atomic mass is 35.5. The number of hydrogen-bond donors (Lipinski definition) is 1. The van der Waals surface area contributed by atoms with E-state index in [1.165, 1.54) is 6.92 Å². The van der Waals surface area contributed by atoms with Crippen molar-refractivity contribution in [3.05, 3.63) is 11.3 Å². The van der Waals surface area contributed by atoms with E-state index in [9.17, 15) is 13.2 Å². The van der Waals surface area contributed by atoms with Crippen molar-refractivity contribution in [2.75, 3.05) is 5.88 Å². The van der Waals surface area contributed by atoms with Crippen LogP contribution in [0.3, 0.4) is 0 Å². The molecule has 0 saturated carbocycles. The Morgan fingerprint density at radius 1 is 1.54 bits per heavy atom. The predicted molar refractivity (Wildman–Crippen MR) is 46.2 cm³/mol. The third-order valence-electron chi connectivity index (χ3n) is 1.50. The second-order valence-electron chi connectivity index (χ2n) is 2.44. The van der Waals surface area contributed by atoms with Gasteiger partial charge >= 0.3 is 10.3 Å². The number of allylic oxidation sites excluding steroid dienone is 1. The molecule has 1 aliphatic heterocycles. The van der Waals surface area contributed by atoms with E-state index in [1.54, 1.807) is 4.72 Å². The Kier molecular flexibility index (Phi) is 2.82. The van der Waals surface area contributed by atoms with Gasteiger partial charge in [-0.25, -0.2) is 4.72 Å². The summed E-state index contributed by atoms with van der Waals surface area (Å²) in [7, 11) is -3.93. The summed E-state index contributed by atoms with van der Waals surface area (Å²) in [4.78, 5) is 11.1. The van der Waals surface area contributed by atoms with Crippen LogP contribution in [0, 0.1) is 0 Å². The Bertz CT molecular complexity index is 359. The first-order chi connectivity index (χ1) is 5.96. The Morgan fingerprint density at radius 3 is 2.62 bits per heavy atom. The standard InChI is InChI=1S/C6H8ClNO4S/c1-4-5(2-3-7)6(9)8-13(10,11)12-4/h2-3H2,1H3,(H,8,9). The molecular formula is C6H8ClNO4S. The van der Waals surface area contributed by atoms with Gasteiger partial charge in [0.15, 0.2) is 0 Å². The van der Waals surface area contributed by atoms with Gasteiger partial charge in [0, 0.05) is 5.88 Å². The zero-order valence-electron chi connectivity index (χ0n) is 6.83. The lowest BCUT2D eigenvalue weighted by Crippen LogP contribution is -2.37. The van der Waals surface area contributed by atoms with Gasteiger partial charge in [0.1, 0.15) is 5.76 Å². The molecule has 0 unspecified atom stereocenters. The maximum Gasteiger partial charge on any atom is 0.409 e. The van der Waals surface area contributed by atoms with E-state index < -0.39 is 16.2 Å². The number of amides is 1. The van der Waals surface area contributed by atoms with Crippen LogP contribution in [0.15, 0.2) is 11.3 Å². The van der Waals surface area contributed by atoms with Gasteiger partial charge in [0.05, 0.1) is 5.57 Å².